The van der Waals surface area contributed by atoms with Crippen LogP contribution in [0.15, 0.2) is 6.07 Å². The van der Waals surface area contributed by atoms with E-state index in [0.717, 1.165) is 21.9 Å². The number of hydrogen-bond donors (Lipinski definition) is 2. The number of thioether (sulfide) groups is 1. The van der Waals surface area contributed by atoms with Gasteiger partial charge in [-0.3, -0.25) is 4.79 Å². The molecule has 0 spiro atoms. The van der Waals surface area contributed by atoms with Gasteiger partial charge in [0.05, 0.1) is 16.3 Å². The molecule has 0 aliphatic carbocycles. The summed E-state index contributed by atoms with van der Waals surface area (Å²) >= 11 is 3.39. The van der Waals surface area contributed by atoms with Crippen LogP contribution >= 0.6 is 23.1 Å². The van der Waals surface area contributed by atoms with Crippen LogP contribution in [-0.4, -0.2) is 29.5 Å². The van der Waals surface area contributed by atoms with Crippen molar-refractivity contribution >= 4 is 29.0 Å². The summed E-state index contributed by atoms with van der Waals surface area (Å²) in [5.74, 6) is 7.05. The normalized spacial score (nSPS) is 21.4. The fraction of sp³-hybridized carbons (Fsp3) is 0.533. The van der Waals surface area contributed by atoms with Gasteiger partial charge < -0.3 is 11.1 Å². The second-order valence-corrected chi connectivity index (χ2v) is 7.95. The smallest absolute Gasteiger partial charge is 0.261 e. The maximum Gasteiger partial charge on any atom is 0.261 e. The fourth-order valence-corrected chi connectivity index (χ4v) is 4.39. The van der Waals surface area contributed by atoms with Gasteiger partial charge in [0.25, 0.3) is 5.91 Å². The molecule has 1 aliphatic rings. The lowest BCUT2D eigenvalue weighted by atomic mass is 10.1. The molecular weight excluding hydrogens is 288 g/mol. The molecule has 20 heavy (non-hydrogen) atoms. The van der Waals surface area contributed by atoms with Crippen molar-refractivity contribution in [2.24, 2.45) is 5.73 Å². The first-order chi connectivity index (χ1) is 9.54. The van der Waals surface area contributed by atoms with Gasteiger partial charge in [-0.1, -0.05) is 11.8 Å². The molecule has 2 heterocycles. The number of hydrogen-bond acceptors (Lipinski definition) is 4. The van der Waals surface area contributed by atoms with Crippen LogP contribution < -0.4 is 11.1 Å². The largest absolute Gasteiger partial charge is 0.350 e. The summed E-state index contributed by atoms with van der Waals surface area (Å²) in [6, 6.07) is 1.91. The lowest BCUT2D eigenvalue weighted by Crippen LogP contribution is -2.36. The van der Waals surface area contributed by atoms with Gasteiger partial charge >= 0.3 is 0 Å². The van der Waals surface area contributed by atoms with E-state index >= 15 is 0 Å². The Morgan fingerprint density at radius 3 is 3.05 bits per heavy atom. The highest BCUT2D eigenvalue weighted by Crippen LogP contribution is 2.37. The summed E-state index contributed by atoms with van der Waals surface area (Å²) in [6.45, 7) is 5.27. The van der Waals surface area contributed by atoms with Crippen molar-refractivity contribution in [3.63, 3.8) is 0 Å². The molecule has 3 nitrogen and oxygen atoms in total. The molecule has 108 valence electrons. The van der Waals surface area contributed by atoms with Gasteiger partial charge in [-0.05, 0) is 44.1 Å². The van der Waals surface area contributed by atoms with Crippen LogP contribution in [0.5, 0.6) is 0 Å². The zero-order chi connectivity index (χ0) is 14.6. The van der Waals surface area contributed by atoms with Gasteiger partial charge in [0.2, 0.25) is 0 Å². The highest BCUT2D eigenvalue weighted by atomic mass is 32.2. The average Bonchev–Trinajstić information content (AvgIpc) is 3.01. The van der Waals surface area contributed by atoms with Crippen molar-refractivity contribution in [3.8, 4) is 11.8 Å². The number of aryl methyl sites for hydroxylation is 1. The molecule has 1 saturated heterocycles. The molecule has 0 radical (unpaired) electrons. The lowest BCUT2D eigenvalue weighted by Gasteiger charge is -2.22. The highest BCUT2D eigenvalue weighted by Gasteiger charge is 2.30. The summed E-state index contributed by atoms with van der Waals surface area (Å²) < 4.78 is 0.199. The van der Waals surface area contributed by atoms with Gasteiger partial charge in [0.1, 0.15) is 0 Å². The van der Waals surface area contributed by atoms with Gasteiger partial charge in [-0.25, -0.2) is 0 Å². The summed E-state index contributed by atoms with van der Waals surface area (Å²) in [5.41, 5.74) is 6.42. The van der Waals surface area contributed by atoms with Gasteiger partial charge in [-0.15, -0.1) is 11.3 Å². The monoisotopic (exact) mass is 308 g/mol. The molecule has 1 aliphatic heterocycles. The van der Waals surface area contributed by atoms with E-state index in [9.17, 15) is 4.79 Å². The van der Waals surface area contributed by atoms with Crippen molar-refractivity contribution in [1.29, 1.82) is 0 Å². The van der Waals surface area contributed by atoms with E-state index in [0.29, 0.717) is 6.54 Å². The van der Waals surface area contributed by atoms with Crippen molar-refractivity contribution in [1.82, 2.24) is 5.32 Å². The van der Waals surface area contributed by atoms with Crippen LogP contribution in [-0.2, 0) is 0 Å². The summed E-state index contributed by atoms with van der Waals surface area (Å²) in [7, 11) is 0. The van der Waals surface area contributed by atoms with Gasteiger partial charge in [0, 0.05) is 11.3 Å². The minimum Gasteiger partial charge on any atom is -0.350 e. The van der Waals surface area contributed by atoms with Crippen LogP contribution in [0.25, 0.3) is 0 Å². The Morgan fingerprint density at radius 2 is 2.40 bits per heavy atom. The third kappa shape index (κ3) is 3.78. The van der Waals surface area contributed by atoms with Crippen LogP contribution in [0.3, 0.4) is 0 Å². The average molecular weight is 308 g/mol. The molecule has 1 fully saturated rings. The van der Waals surface area contributed by atoms with Crippen molar-refractivity contribution in [2.45, 2.75) is 31.4 Å². The van der Waals surface area contributed by atoms with E-state index in [1.165, 1.54) is 29.9 Å². The van der Waals surface area contributed by atoms with E-state index < -0.39 is 0 Å². The molecule has 3 N–H and O–H groups in total. The number of thiophene rings is 1. The molecule has 0 bridgehead atoms. The molecule has 0 aromatic carbocycles. The zero-order valence-electron chi connectivity index (χ0n) is 11.9. The highest BCUT2D eigenvalue weighted by molar-refractivity contribution is 8.00. The number of rotatable bonds is 3. The Bertz CT molecular complexity index is 548. The Hall–Kier alpha value is -0.960. The lowest BCUT2D eigenvalue weighted by molar-refractivity contribution is 0.0954. The Balaban J connectivity index is 1.99. The van der Waals surface area contributed by atoms with Crippen molar-refractivity contribution < 1.29 is 4.79 Å². The first kappa shape index (κ1) is 15.4. The second kappa shape index (κ2) is 6.66. The summed E-state index contributed by atoms with van der Waals surface area (Å²) in [5, 5.41) is 3.06. The zero-order valence-corrected chi connectivity index (χ0v) is 13.5. The molecule has 1 aromatic rings. The maximum absolute atomic E-state index is 12.2. The summed E-state index contributed by atoms with van der Waals surface area (Å²) in [4.78, 5) is 13.9. The van der Waals surface area contributed by atoms with E-state index in [1.54, 1.807) is 0 Å². The van der Waals surface area contributed by atoms with Crippen LogP contribution in [0, 0.1) is 18.8 Å². The molecule has 2 rings (SSSR count). The van der Waals surface area contributed by atoms with Crippen LogP contribution in [0.1, 0.15) is 39.9 Å². The van der Waals surface area contributed by atoms with E-state index in [2.05, 4.69) is 24.1 Å². The van der Waals surface area contributed by atoms with E-state index in [4.69, 9.17) is 5.73 Å². The van der Waals surface area contributed by atoms with E-state index in [1.807, 2.05) is 24.8 Å². The van der Waals surface area contributed by atoms with E-state index in [-0.39, 0.29) is 10.7 Å². The van der Waals surface area contributed by atoms with Crippen molar-refractivity contribution in [3.05, 3.63) is 21.4 Å². The summed E-state index contributed by atoms with van der Waals surface area (Å²) in [6.07, 6.45) is 2.42. The van der Waals surface area contributed by atoms with Crippen LogP contribution in [0.2, 0.25) is 0 Å². The first-order valence-corrected chi connectivity index (χ1v) is 8.56. The Kier molecular flexibility index (Phi) is 5.14. The van der Waals surface area contributed by atoms with Crippen molar-refractivity contribution in [2.75, 3.05) is 18.8 Å². The topological polar surface area (TPSA) is 55.1 Å². The Labute approximate surface area is 128 Å². The van der Waals surface area contributed by atoms with Gasteiger partial charge in [0.15, 0.2) is 0 Å². The maximum atomic E-state index is 12.2. The molecule has 5 heteroatoms. The van der Waals surface area contributed by atoms with Gasteiger partial charge in [-0.2, -0.15) is 11.8 Å². The Morgan fingerprint density at radius 1 is 1.60 bits per heavy atom. The standard InChI is InChI=1S/C15H20N2OS2/c1-11-9-13(20-12(11)5-3-7-16)14(18)17-10-15(2)6-4-8-19-15/h9H,4,6-8,10,16H2,1-2H3,(H,17,18). The number of amides is 1. The molecule has 1 aromatic heterocycles. The fourth-order valence-electron chi connectivity index (χ4n) is 2.18. The molecule has 1 unspecified atom stereocenters. The third-order valence-electron chi connectivity index (χ3n) is 3.37. The first-order valence-electron chi connectivity index (χ1n) is 6.75. The predicted molar refractivity (Wildman–Crippen MR) is 87.4 cm³/mol. The second-order valence-electron chi connectivity index (χ2n) is 5.21. The minimum atomic E-state index is 0.00706. The quantitative estimate of drug-likeness (QED) is 0.843. The third-order valence-corrected chi connectivity index (χ3v) is 6.06. The number of nitrogens with two attached hydrogens (primary N) is 1. The molecule has 0 saturated carbocycles. The molecule has 1 atom stereocenters. The minimum absolute atomic E-state index is 0.00706. The number of nitrogens with one attached hydrogen (secondary N) is 1. The molecular formula is C15H20N2OS2. The predicted octanol–water partition coefficient (Wildman–Crippen LogP) is 2.38. The molecule has 1 amide bonds. The SMILES string of the molecule is Cc1cc(C(=O)NCC2(C)CCCS2)sc1C#CCN. The number of carbonyl (C=O) groups excluding carboxylic acids is 1. The number of carbonyl (C=O) groups is 1. The van der Waals surface area contributed by atoms with Crippen LogP contribution in [0.4, 0.5) is 0 Å².